The van der Waals surface area contributed by atoms with Crippen molar-refractivity contribution < 1.29 is 9.47 Å². The summed E-state index contributed by atoms with van der Waals surface area (Å²) in [4.78, 5) is 11.1. The number of hydrogen-bond acceptors (Lipinski definition) is 6. The van der Waals surface area contributed by atoms with E-state index in [4.69, 9.17) is 9.47 Å². The van der Waals surface area contributed by atoms with Gasteiger partial charge in [-0.3, -0.25) is 0 Å². The summed E-state index contributed by atoms with van der Waals surface area (Å²) in [5.41, 5.74) is 2.16. The first-order valence-corrected chi connectivity index (χ1v) is 6.67. The zero-order valence-electron chi connectivity index (χ0n) is 11.2. The molecule has 4 rings (SSSR count). The van der Waals surface area contributed by atoms with Crippen LogP contribution >= 0.6 is 0 Å². The SMILES string of the molecule is CN1CCc2cc(-c3nc4n(n3)COCCO4)cnc21. The van der Waals surface area contributed by atoms with Gasteiger partial charge in [-0.2, -0.15) is 9.67 Å². The molecule has 4 heterocycles. The molecule has 7 nitrogen and oxygen atoms in total. The maximum absolute atomic E-state index is 5.50. The van der Waals surface area contributed by atoms with E-state index in [9.17, 15) is 0 Å². The summed E-state index contributed by atoms with van der Waals surface area (Å²) in [6.45, 7) is 2.46. The van der Waals surface area contributed by atoms with Gasteiger partial charge < -0.3 is 14.4 Å². The summed E-state index contributed by atoms with van der Waals surface area (Å²) in [5, 5.41) is 4.43. The van der Waals surface area contributed by atoms with Crippen LogP contribution in [0.3, 0.4) is 0 Å². The predicted octanol–water partition coefficient (Wildman–Crippen LogP) is 0.699. The minimum atomic E-state index is 0.378. The molecule has 0 unspecified atom stereocenters. The fraction of sp³-hybridized carbons (Fsp3) is 0.462. The van der Waals surface area contributed by atoms with Gasteiger partial charge in [0.2, 0.25) is 0 Å². The number of pyridine rings is 1. The summed E-state index contributed by atoms with van der Waals surface area (Å²) >= 11 is 0. The summed E-state index contributed by atoms with van der Waals surface area (Å²) < 4.78 is 12.5. The van der Waals surface area contributed by atoms with E-state index < -0.39 is 0 Å². The Bertz CT molecular complexity index is 631. The Morgan fingerprint density at radius 3 is 3.20 bits per heavy atom. The minimum absolute atomic E-state index is 0.378. The van der Waals surface area contributed by atoms with Gasteiger partial charge in [-0.25, -0.2) is 4.98 Å². The van der Waals surface area contributed by atoms with Crippen molar-refractivity contribution in [1.82, 2.24) is 19.7 Å². The second-order valence-electron chi connectivity index (χ2n) is 4.98. The molecule has 20 heavy (non-hydrogen) atoms. The highest BCUT2D eigenvalue weighted by Gasteiger charge is 2.20. The normalized spacial score (nSPS) is 17.4. The van der Waals surface area contributed by atoms with Crippen LogP contribution in [0.4, 0.5) is 5.82 Å². The quantitative estimate of drug-likeness (QED) is 0.762. The molecule has 2 aromatic heterocycles. The summed E-state index contributed by atoms with van der Waals surface area (Å²) in [6, 6.07) is 2.62. The first kappa shape index (κ1) is 11.7. The Labute approximate surface area is 116 Å². The average Bonchev–Trinajstić information content (AvgIpc) is 2.97. The second kappa shape index (κ2) is 4.45. The second-order valence-corrected chi connectivity index (χ2v) is 4.98. The third-order valence-corrected chi connectivity index (χ3v) is 3.59. The number of ether oxygens (including phenoxy) is 2. The van der Waals surface area contributed by atoms with Crippen LogP contribution in [0.1, 0.15) is 5.56 Å². The molecular weight excluding hydrogens is 258 g/mol. The standard InChI is InChI=1S/C13H15N5O2/c1-17-3-2-9-6-10(7-14-12(9)17)11-15-13-18(16-11)8-19-4-5-20-13/h6-7H,2-5,8H2,1H3. The smallest absolute Gasteiger partial charge is 0.317 e. The van der Waals surface area contributed by atoms with Gasteiger partial charge in [-0.15, -0.1) is 5.10 Å². The maximum Gasteiger partial charge on any atom is 0.317 e. The summed E-state index contributed by atoms with van der Waals surface area (Å²) in [7, 11) is 2.06. The van der Waals surface area contributed by atoms with Gasteiger partial charge in [-0.1, -0.05) is 0 Å². The Balaban J connectivity index is 1.71. The van der Waals surface area contributed by atoms with Gasteiger partial charge >= 0.3 is 6.01 Å². The highest BCUT2D eigenvalue weighted by molar-refractivity contribution is 5.62. The first-order chi connectivity index (χ1) is 9.81. The highest BCUT2D eigenvalue weighted by Crippen LogP contribution is 2.28. The van der Waals surface area contributed by atoms with Gasteiger partial charge in [0, 0.05) is 25.4 Å². The molecule has 0 atom stereocenters. The third-order valence-electron chi connectivity index (χ3n) is 3.59. The monoisotopic (exact) mass is 273 g/mol. The predicted molar refractivity (Wildman–Crippen MR) is 71.7 cm³/mol. The first-order valence-electron chi connectivity index (χ1n) is 6.67. The molecule has 0 fully saturated rings. The Kier molecular flexibility index (Phi) is 2.59. The number of anilines is 1. The van der Waals surface area contributed by atoms with Crippen LogP contribution in [0.2, 0.25) is 0 Å². The van der Waals surface area contributed by atoms with E-state index in [2.05, 4.69) is 33.1 Å². The molecule has 2 aromatic rings. The number of aromatic nitrogens is 4. The van der Waals surface area contributed by atoms with Crippen molar-refractivity contribution in [3.8, 4) is 17.4 Å². The van der Waals surface area contributed by atoms with Crippen molar-refractivity contribution in [2.45, 2.75) is 13.2 Å². The van der Waals surface area contributed by atoms with Crippen LogP contribution in [0, 0.1) is 0 Å². The van der Waals surface area contributed by atoms with Crippen molar-refractivity contribution in [3.05, 3.63) is 17.8 Å². The molecule has 2 aliphatic heterocycles. The number of fused-ring (bicyclic) bond motifs is 2. The lowest BCUT2D eigenvalue weighted by atomic mass is 10.1. The van der Waals surface area contributed by atoms with Crippen molar-refractivity contribution in [1.29, 1.82) is 0 Å². The van der Waals surface area contributed by atoms with E-state index in [1.54, 1.807) is 4.68 Å². The zero-order chi connectivity index (χ0) is 13.5. The molecule has 0 bridgehead atoms. The molecule has 0 radical (unpaired) electrons. The lowest BCUT2D eigenvalue weighted by molar-refractivity contribution is 0.0738. The molecule has 0 amide bonds. The van der Waals surface area contributed by atoms with E-state index in [0.29, 0.717) is 31.8 Å². The molecule has 0 N–H and O–H groups in total. The lowest BCUT2D eigenvalue weighted by Gasteiger charge is -2.09. The largest absolute Gasteiger partial charge is 0.461 e. The average molecular weight is 273 g/mol. The topological polar surface area (TPSA) is 65.3 Å². The van der Waals surface area contributed by atoms with Gasteiger partial charge in [-0.05, 0) is 18.1 Å². The number of rotatable bonds is 1. The van der Waals surface area contributed by atoms with Crippen LogP contribution in [-0.4, -0.2) is 46.6 Å². The fourth-order valence-corrected chi connectivity index (χ4v) is 2.53. The molecule has 2 aliphatic rings. The zero-order valence-corrected chi connectivity index (χ0v) is 11.2. The summed E-state index contributed by atoms with van der Waals surface area (Å²) in [5.74, 6) is 1.68. The molecule has 0 aliphatic carbocycles. The maximum atomic E-state index is 5.50. The summed E-state index contributed by atoms with van der Waals surface area (Å²) in [6.07, 6.45) is 2.83. The third kappa shape index (κ3) is 1.82. The number of hydrogen-bond donors (Lipinski definition) is 0. The Morgan fingerprint density at radius 2 is 2.25 bits per heavy atom. The molecule has 0 saturated carbocycles. The molecule has 0 spiro atoms. The molecule has 0 saturated heterocycles. The van der Waals surface area contributed by atoms with Crippen molar-refractivity contribution in [2.24, 2.45) is 0 Å². The van der Waals surface area contributed by atoms with Gasteiger partial charge in [0.05, 0.1) is 6.61 Å². The van der Waals surface area contributed by atoms with E-state index >= 15 is 0 Å². The molecule has 0 aromatic carbocycles. The Morgan fingerprint density at radius 1 is 1.30 bits per heavy atom. The van der Waals surface area contributed by atoms with E-state index in [1.165, 1.54) is 5.56 Å². The van der Waals surface area contributed by atoms with E-state index in [0.717, 1.165) is 24.3 Å². The molecule has 104 valence electrons. The number of nitrogens with zero attached hydrogens (tertiary/aromatic N) is 5. The van der Waals surface area contributed by atoms with Crippen molar-refractivity contribution >= 4 is 5.82 Å². The van der Waals surface area contributed by atoms with E-state index in [1.807, 2.05) is 6.20 Å². The fourth-order valence-electron chi connectivity index (χ4n) is 2.53. The van der Waals surface area contributed by atoms with Crippen LogP contribution in [0.25, 0.3) is 11.4 Å². The lowest BCUT2D eigenvalue weighted by Crippen LogP contribution is -2.13. The Hall–Kier alpha value is -2.15. The minimum Gasteiger partial charge on any atom is -0.461 e. The van der Waals surface area contributed by atoms with Crippen LogP contribution < -0.4 is 9.64 Å². The molecular formula is C13H15N5O2. The number of likely N-dealkylation sites (N-methyl/N-ethyl adjacent to an activating group) is 1. The van der Waals surface area contributed by atoms with Crippen LogP contribution in [0.15, 0.2) is 12.3 Å². The highest BCUT2D eigenvalue weighted by atomic mass is 16.6. The van der Waals surface area contributed by atoms with Gasteiger partial charge in [0.15, 0.2) is 5.82 Å². The van der Waals surface area contributed by atoms with Gasteiger partial charge in [0.1, 0.15) is 19.2 Å². The van der Waals surface area contributed by atoms with Crippen LogP contribution in [0.5, 0.6) is 6.01 Å². The van der Waals surface area contributed by atoms with E-state index in [-0.39, 0.29) is 0 Å². The molecule has 7 heteroatoms. The van der Waals surface area contributed by atoms with Crippen molar-refractivity contribution in [2.75, 3.05) is 31.7 Å². The van der Waals surface area contributed by atoms with Gasteiger partial charge in [0.25, 0.3) is 0 Å². The van der Waals surface area contributed by atoms with Crippen molar-refractivity contribution in [3.63, 3.8) is 0 Å². The van der Waals surface area contributed by atoms with Crippen LogP contribution in [-0.2, 0) is 17.9 Å².